The van der Waals surface area contributed by atoms with Crippen LogP contribution in [0.2, 0.25) is 0 Å². The van der Waals surface area contributed by atoms with Gasteiger partial charge in [0.2, 0.25) is 5.91 Å². The van der Waals surface area contributed by atoms with E-state index >= 15 is 0 Å². The average molecular weight is 283 g/mol. The molecule has 0 aliphatic heterocycles. The predicted octanol–water partition coefficient (Wildman–Crippen LogP) is 3.33. The van der Waals surface area contributed by atoms with E-state index in [1.54, 1.807) is 0 Å². The number of carbonyl (C=O) groups excluding carboxylic acids is 1. The SMILES string of the molecule is Cc1ccc(C)c(NC(=O)C2(N)CCCCC2)c1.Cl. The summed E-state index contributed by atoms with van der Waals surface area (Å²) in [5, 5.41) is 3.00. The van der Waals surface area contributed by atoms with Crippen molar-refractivity contribution in [1.82, 2.24) is 0 Å². The fourth-order valence-electron chi connectivity index (χ4n) is 2.53. The summed E-state index contributed by atoms with van der Waals surface area (Å²) in [5.74, 6) is -0.0316. The molecule has 1 fully saturated rings. The summed E-state index contributed by atoms with van der Waals surface area (Å²) >= 11 is 0. The molecule has 3 N–H and O–H groups in total. The molecular formula is C15H23ClN2O. The van der Waals surface area contributed by atoms with Crippen LogP contribution < -0.4 is 11.1 Å². The third-order valence-electron chi connectivity index (χ3n) is 3.84. The lowest BCUT2D eigenvalue weighted by Gasteiger charge is -2.32. The normalized spacial score (nSPS) is 17.4. The second-order valence-electron chi connectivity index (χ2n) is 5.49. The van der Waals surface area contributed by atoms with E-state index < -0.39 is 5.54 Å². The predicted molar refractivity (Wildman–Crippen MR) is 81.8 cm³/mol. The minimum absolute atomic E-state index is 0. The van der Waals surface area contributed by atoms with Crippen molar-refractivity contribution in [3.63, 3.8) is 0 Å². The smallest absolute Gasteiger partial charge is 0.244 e. The number of rotatable bonds is 2. The summed E-state index contributed by atoms with van der Waals surface area (Å²) in [6.45, 7) is 4.02. The average Bonchev–Trinajstić information content (AvgIpc) is 2.35. The minimum Gasteiger partial charge on any atom is -0.324 e. The summed E-state index contributed by atoms with van der Waals surface area (Å²) in [4.78, 5) is 12.3. The van der Waals surface area contributed by atoms with E-state index in [1.807, 2.05) is 32.0 Å². The van der Waals surface area contributed by atoms with Crippen LogP contribution in [0.3, 0.4) is 0 Å². The van der Waals surface area contributed by atoms with Crippen LogP contribution >= 0.6 is 12.4 Å². The molecular weight excluding hydrogens is 260 g/mol. The van der Waals surface area contributed by atoms with Crippen molar-refractivity contribution in [2.75, 3.05) is 5.32 Å². The third kappa shape index (κ3) is 3.71. The number of halogens is 1. The minimum atomic E-state index is -0.672. The van der Waals surface area contributed by atoms with E-state index in [9.17, 15) is 4.79 Å². The van der Waals surface area contributed by atoms with Crippen molar-refractivity contribution in [1.29, 1.82) is 0 Å². The third-order valence-corrected chi connectivity index (χ3v) is 3.84. The van der Waals surface area contributed by atoms with Gasteiger partial charge in [-0.2, -0.15) is 0 Å². The lowest BCUT2D eigenvalue weighted by molar-refractivity contribution is -0.122. The molecule has 1 aromatic rings. The number of carbonyl (C=O) groups is 1. The number of aryl methyl sites for hydroxylation is 2. The molecule has 1 aliphatic carbocycles. The Morgan fingerprint density at radius 3 is 2.47 bits per heavy atom. The Hall–Kier alpha value is -1.06. The molecule has 3 nitrogen and oxygen atoms in total. The Morgan fingerprint density at radius 2 is 1.84 bits per heavy atom. The van der Waals surface area contributed by atoms with Crippen LogP contribution in [0.1, 0.15) is 43.2 Å². The second kappa shape index (κ2) is 6.40. The first-order chi connectivity index (χ1) is 8.51. The van der Waals surface area contributed by atoms with Crippen LogP contribution in [-0.2, 0) is 4.79 Å². The quantitative estimate of drug-likeness (QED) is 0.874. The maximum absolute atomic E-state index is 12.3. The van der Waals surface area contributed by atoms with Gasteiger partial charge in [-0.05, 0) is 43.9 Å². The molecule has 2 rings (SSSR count). The summed E-state index contributed by atoms with van der Waals surface area (Å²) < 4.78 is 0. The van der Waals surface area contributed by atoms with Crippen LogP contribution in [0.4, 0.5) is 5.69 Å². The highest BCUT2D eigenvalue weighted by atomic mass is 35.5. The van der Waals surface area contributed by atoms with Crippen molar-refractivity contribution in [2.45, 2.75) is 51.5 Å². The Bertz CT molecular complexity index is 453. The molecule has 0 aromatic heterocycles. The molecule has 1 aliphatic rings. The zero-order valence-electron chi connectivity index (χ0n) is 11.7. The number of hydrogen-bond donors (Lipinski definition) is 2. The van der Waals surface area contributed by atoms with E-state index in [2.05, 4.69) is 5.32 Å². The molecule has 1 saturated carbocycles. The van der Waals surface area contributed by atoms with E-state index in [4.69, 9.17) is 5.73 Å². The van der Waals surface area contributed by atoms with Crippen molar-refractivity contribution >= 4 is 24.0 Å². The van der Waals surface area contributed by atoms with Gasteiger partial charge >= 0.3 is 0 Å². The van der Waals surface area contributed by atoms with Gasteiger partial charge in [0, 0.05) is 5.69 Å². The molecule has 0 spiro atoms. The van der Waals surface area contributed by atoms with Crippen LogP contribution in [0.25, 0.3) is 0 Å². The Morgan fingerprint density at radius 1 is 1.21 bits per heavy atom. The Kier molecular flexibility index (Phi) is 5.39. The highest BCUT2D eigenvalue weighted by Gasteiger charge is 2.35. The lowest BCUT2D eigenvalue weighted by Crippen LogP contribution is -2.52. The zero-order valence-corrected chi connectivity index (χ0v) is 12.5. The van der Waals surface area contributed by atoms with Crippen molar-refractivity contribution in [2.24, 2.45) is 5.73 Å². The van der Waals surface area contributed by atoms with Crippen molar-refractivity contribution in [3.05, 3.63) is 29.3 Å². The van der Waals surface area contributed by atoms with E-state index in [0.717, 1.165) is 42.5 Å². The fraction of sp³-hybridized carbons (Fsp3) is 0.533. The van der Waals surface area contributed by atoms with Gasteiger partial charge in [-0.25, -0.2) is 0 Å². The Labute approximate surface area is 121 Å². The molecule has 0 atom stereocenters. The molecule has 4 heteroatoms. The van der Waals surface area contributed by atoms with Crippen LogP contribution in [-0.4, -0.2) is 11.4 Å². The number of anilines is 1. The molecule has 19 heavy (non-hydrogen) atoms. The standard InChI is InChI=1S/C15H22N2O.ClH/c1-11-6-7-12(2)13(10-11)17-14(18)15(16)8-4-3-5-9-15;/h6-7,10H,3-5,8-9,16H2,1-2H3,(H,17,18);1H. The maximum atomic E-state index is 12.3. The van der Waals surface area contributed by atoms with Gasteiger partial charge in [0.1, 0.15) is 0 Å². The number of nitrogens with one attached hydrogen (secondary N) is 1. The summed E-state index contributed by atoms with van der Waals surface area (Å²) in [7, 11) is 0. The number of hydrogen-bond acceptors (Lipinski definition) is 2. The van der Waals surface area contributed by atoms with Crippen molar-refractivity contribution < 1.29 is 4.79 Å². The van der Waals surface area contributed by atoms with Crippen LogP contribution in [0, 0.1) is 13.8 Å². The van der Waals surface area contributed by atoms with Crippen molar-refractivity contribution in [3.8, 4) is 0 Å². The molecule has 0 unspecified atom stereocenters. The molecule has 0 radical (unpaired) electrons. The molecule has 0 bridgehead atoms. The number of nitrogens with two attached hydrogens (primary N) is 1. The monoisotopic (exact) mass is 282 g/mol. The number of benzene rings is 1. The van der Waals surface area contributed by atoms with Gasteiger partial charge in [0.15, 0.2) is 0 Å². The molecule has 0 saturated heterocycles. The fourth-order valence-corrected chi connectivity index (χ4v) is 2.53. The lowest BCUT2D eigenvalue weighted by atomic mass is 9.82. The summed E-state index contributed by atoms with van der Waals surface area (Å²) in [6, 6.07) is 6.07. The number of amides is 1. The van der Waals surface area contributed by atoms with E-state index in [1.165, 1.54) is 6.42 Å². The highest BCUT2D eigenvalue weighted by Crippen LogP contribution is 2.28. The second-order valence-corrected chi connectivity index (χ2v) is 5.49. The molecule has 0 heterocycles. The summed E-state index contributed by atoms with van der Waals surface area (Å²) in [5.41, 5.74) is 8.66. The highest BCUT2D eigenvalue weighted by molar-refractivity contribution is 5.98. The maximum Gasteiger partial charge on any atom is 0.244 e. The van der Waals surface area contributed by atoms with E-state index in [-0.39, 0.29) is 18.3 Å². The van der Waals surface area contributed by atoms with Gasteiger partial charge in [-0.15, -0.1) is 12.4 Å². The molecule has 1 amide bonds. The zero-order chi connectivity index (χ0) is 13.2. The van der Waals surface area contributed by atoms with Crippen LogP contribution in [0.15, 0.2) is 18.2 Å². The van der Waals surface area contributed by atoms with Gasteiger partial charge < -0.3 is 11.1 Å². The van der Waals surface area contributed by atoms with Gasteiger partial charge in [-0.3, -0.25) is 4.79 Å². The van der Waals surface area contributed by atoms with Gasteiger partial charge in [0.25, 0.3) is 0 Å². The first-order valence-electron chi connectivity index (χ1n) is 6.69. The summed E-state index contributed by atoms with van der Waals surface area (Å²) in [6.07, 6.45) is 4.89. The molecule has 1 aromatic carbocycles. The van der Waals surface area contributed by atoms with Gasteiger partial charge in [-0.1, -0.05) is 31.4 Å². The van der Waals surface area contributed by atoms with E-state index in [0.29, 0.717) is 0 Å². The first kappa shape index (κ1) is 16.0. The topological polar surface area (TPSA) is 55.1 Å². The first-order valence-corrected chi connectivity index (χ1v) is 6.69. The van der Waals surface area contributed by atoms with Crippen LogP contribution in [0.5, 0.6) is 0 Å². The van der Waals surface area contributed by atoms with Gasteiger partial charge in [0.05, 0.1) is 5.54 Å². The molecule has 106 valence electrons. The Balaban J connectivity index is 0.00000180. The largest absolute Gasteiger partial charge is 0.324 e.